The van der Waals surface area contributed by atoms with Crippen molar-refractivity contribution in [1.82, 2.24) is 5.32 Å². The molecule has 11 heteroatoms. The van der Waals surface area contributed by atoms with Crippen molar-refractivity contribution in [1.29, 1.82) is 0 Å². The Kier molecular flexibility index (Phi) is 39.9. The normalized spacial score (nSPS) is 13.9. The maximum atomic E-state index is 5.80. The van der Waals surface area contributed by atoms with Crippen LogP contribution < -0.4 is 5.32 Å². The Balaban J connectivity index is 1.59. The van der Waals surface area contributed by atoms with Crippen molar-refractivity contribution in [2.45, 2.75) is 109 Å². The van der Waals surface area contributed by atoms with Crippen LogP contribution in [0.5, 0.6) is 0 Å². The van der Waals surface area contributed by atoms with Gasteiger partial charge in [-0.1, -0.05) is 84.0 Å². The molecule has 1 rings (SSSR count). The number of hydrogen-bond acceptors (Lipinski definition) is 11. The van der Waals surface area contributed by atoms with E-state index in [1.807, 2.05) is 0 Å². The zero-order valence-corrected chi connectivity index (χ0v) is 31.6. The lowest BCUT2D eigenvalue weighted by atomic mass is 10.0. The van der Waals surface area contributed by atoms with Crippen LogP contribution in [0.15, 0.2) is 0 Å². The van der Waals surface area contributed by atoms with Gasteiger partial charge < -0.3 is 52.7 Å². The molecule has 49 heavy (non-hydrogen) atoms. The van der Waals surface area contributed by atoms with Gasteiger partial charge in [-0.3, -0.25) is 0 Å². The topological polar surface area (TPSA) is 104 Å². The summed E-state index contributed by atoms with van der Waals surface area (Å²) >= 11 is 0. The number of hydrogen-bond donors (Lipinski definition) is 1. The second-order valence-electron chi connectivity index (χ2n) is 12.6. The molecule has 0 unspecified atom stereocenters. The standard InChI is InChI=1S/C38H77NO10/c1-2-3-4-5-6-7-8-9-10-11-12-13-14-19-40-20-21-41-22-23-42-24-25-43-26-27-44-28-29-45-30-31-46-32-33-47-34-35-48-36-37-49-38-15-17-39-18-16-38/h38-39H,2-37H2,1H3. The summed E-state index contributed by atoms with van der Waals surface area (Å²) in [6.45, 7) is 15.4. The van der Waals surface area contributed by atoms with Gasteiger partial charge in [-0.15, -0.1) is 0 Å². The van der Waals surface area contributed by atoms with Crippen molar-refractivity contribution >= 4 is 0 Å². The minimum Gasteiger partial charge on any atom is -0.379 e. The minimum absolute atomic E-state index is 0.377. The highest BCUT2D eigenvalue weighted by Crippen LogP contribution is 2.12. The molecule has 0 amide bonds. The summed E-state index contributed by atoms with van der Waals surface area (Å²) < 4.78 is 55.7. The van der Waals surface area contributed by atoms with E-state index in [0.717, 1.165) is 39.0 Å². The van der Waals surface area contributed by atoms with Crippen LogP contribution in [-0.2, 0) is 47.4 Å². The molecule has 0 aromatic heterocycles. The van der Waals surface area contributed by atoms with Gasteiger partial charge >= 0.3 is 0 Å². The van der Waals surface area contributed by atoms with Gasteiger partial charge in [-0.05, 0) is 32.4 Å². The average molecular weight is 708 g/mol. The fraction of sp³-hybridized carbons (Fsp3) is 1.00. The van der Waals surface area contributed by atoms with Crippen molar-refractivity contribution < 1.29 is 47.4 Å². The molecule has 0 saturated carbocycles. The van der Waals surface area contributed by atoms with E-state index >= 15 is 0 Å². The Morgan fingerprint density at radius 3 is 0.918 bits per heavy atom. The Morgan fingerprint density at radius 2 is 0.592 bits per heavy atom. The zero-order chi connectivity index (χ0) is 34.8. The van der Waals surface area contributed by atoms with Crippen LogP contribution in [0.3, 0.4) is 0 Å². The van der Waals surface area contributed by atoms with E-state index in [9.17, 15) is 0 Å². The SMILES string of the molecule is CCCCCCCCCCCCCCCOCCOCCOCCOCCOCCOCCOCCOCCOCCOC1CCNCC1. The third-order valence-electron chi connectivity index (χ3n) is 8.24. The van der Waals surface area contributed by atoms with E-state index in [0.29, 0.717) is 125 Å². The number of ether oxygens (including phenoxy) is 10. The van der Waals surface area contributed by atoms with Gasteiger partial charge in [0, 0.05) is 6.61 Å². The lowest BCUT2D eigenvalue weighted by Gasteiger charge is -2.22. The lowest BCUT2D eigenvalue weighted by Crippen LogP contribution is -2.33. The van der Waals surface area contributed by atoms with Crippen molar-refractivity contribution in [3.8, 4) is 0 Å². The molecule has 1 heterocycles. The van der Waals surface area contributed by atoms with E-state index in [1.54, 1.807) is 0 Å². The molecule has 0 radical (unpaired) electrons. The summed E-state index contributed by atoms with van der Waals surface area (Å²) in [5, 5.41) is 3.33. The van der Waals surface area contributed by atoms with Crippen LogP contribution in [0.1, 0.15) is 103 Å². The molecule has 1 saturated heterocycles. The second kappa shape index (κ2) is 42.0. The van der Waals surface area contributed by atoms with E-state index in [1.165, 1.54) is 77.0 Å². The van der Waals surface area contributed by atoms with Gasteiger partial charge in [0.05, 0.1) is 125 Å². The summed E-state index contributed by atoms with van der Waals surface area (Å²) in [6, 6.07) is 0. The molecular weight excluding hydrogens is 630 g/mol. The van der Waals surface area contributed by atoms with Crippen LogP contribution >= 0.6 is 0 Å². The summed E-state index contributed by atoms with van der Waals surface area (Å²) in [4.78, 5) is 0. The van der Waals surface area contributed by atoms with Crippen LogP contribution in [0.25, 0.3) is 0 Å². The van der Waals surface area contributed by atoms with E-state index < -0.39 is 0 Å². The van der Waals surface area contributed by atoms with Gasteiger partial charge in [0.25, 0.3) is 0 Å². The van der Waals surface area contributed by atoms with E-state index in [2.05, 4.69) is 12.2 Å². The van der Waals surface area contributed by atoms with Crippen LogP contribution in [-0.4, -0.2) is 145 Å². The molecule has 0 bridgehead atoms. The largest absolute Gasteiger partial charge is 0.379 e. The molecular formula is C38H77NO10. The number of rotatable bonds is 42. The molecule has 1 aliphatic heterocycles. The van der Waals surface area contributed by atoms with Gasteiger partial charge in [0.15, 0.2) is 0 Å². The van der Waals surface area contributed by atoms with Crippen LogP contribution in [0, 0.1) is 0 Å². The molecule has 1 fully saturated rings. The average Bonchev–Trinajstić information content (AvgIpc) is 3.12. The highest BCUT2D eigenvalue weighted by Gasteiger charge is 2.12. The molecule has 0 spiro atoms. The van der Waals surface area contributed by atoms with Crippen LogP contribution in [0.2, 0.25) is 0 Å². The zero-order valence-electron chi connectivity index (χ0n) is 31.6. The first-order valence-electron chi connectivity index (χ1n) is 20.0. The molecule has 0 aliphatic carbocycles. The smallest absolute Gasteiger partial charge is 0.0704 e. The van der Waals surface area contributed by atoms with E-state index in [4.69, 9.17) is 47.4 Å². The first-order chi connectivity index (χ1) is 24.4. The fourth-order valence-corrected chi connectivity index (χ4v) is 5.32. The molecule has 1 N–H and O–H groups in total. The van der Waals surface area contributed by atoms with Crippen molar-refractivity contribution in [2.75, 3.05) is 139 Å². The number of unbranched alkanes of at least 4 members (excludes halogenated alkanes) is 12. The molecule has 1 aliphatic rings. The van der Waals surface area contributed by atoms with Crippen LogP contribution in [0.4, 0.5) is 0 Å². The molecule has 0 aromatic rings. The Hall–Kier alpha value is -0.440. The van der Waals surface area contributed by atoms with Gasteiger partial charge in [0.1, 0.15) is 0 Å². The first-order valence-corrected chi connectivity index (χ1v) is 20.0. The Labute approximate surface area is 300 Å². The summed E-state index contributed by atoms with van der Waals surface area (Å²) in [7, 11) is 0. The van der Waals surface area contributed by atoms with Gasteiger partial charge in [0.2, 0.25) is 0 Å². The molecule has 0 aromatic carbocycles. The molecule has 294 valence electrons. The Morgan fingerprint density at radius 1 is 0.327 bits per heavy atom. The maximum absolute atomic E-state index is 5.80. The van der Waals surface area contributed by atoms with E-state index in [-0.39, 0.29) is 0 Å². The highest BCUT2D eigenvalue weighted by molar-refractivity contribution is 4.67. The summed E-state index contributed by atoms with van der Waals surface area (Å²) in [5.41, 5.74) is 0. The maximum Gasteiger partial charge on any atom is 0.0704 e. The lowest BCUT2D eigenvalue weighted by molar-refractivity contribution is -0.0321. The van der Waals surface area contributed by atoms with Crippen molar-refractivity contribution in [2.24, 2.45) is 0 Å². The summed E-state index contributed by atoms with van der Waals surface area (Å²) in [5.74, 6) is 0. The van der Waals surface area contributed by atoms with Gasteiger partial charge in [-0.2, -0.15) is 0 Å². The quantitative estimate of drug-likeness (QED) is 0.0757. The number of nitrogens with one attached hydrogen (secondary N) is 1. The number of piperidine rings is 1. The minimum atomic E-state index is 0.377. The monoisotopic (exact) mass is 708 g/mol. The predicted octanol–water partition coefficient (Wildman–Crippen LogP) is 6.00. The second-order valence-corrected chi connectivity index (χ2v) is 12.6. The third kappa shape index (κ3) is 38.6. The highest BCUT2D eigenvalue weighted by atomic mass is 16.6. The van der Waals surface area contributed by atoms with Gasteiger partial charge in [-0.25, -0.2) is 0 Å². The summed E-state index contributed by atoms with van der Waals surface area (Å²) in [6.07, 6.45) is 20.4. The Bertz CT molecular complexity index is 601. The van der Waals surface area contributed by atoms with Crippen molar-refractivity contribution in [3.05, 3.63) is 0 Å². The fourth-order valence-electron chi connectivity index (χ4n) is 5.32. The van der Waals surface area contributed by atoms with Crippen molar-refractivity contribution in [3.63, 3.8) is 0 Å². The molecule has 11 nitrogen and oxygen atoms in total. The predicted molar refractivity (Wildman–Crippen MR) is 195 cm³/mol. The third-order valence-corrected chi connectivity index (χ3v) is 8.24. The first kappa shape index (κ1) is 46.6. The molecule has 0 atom stereocenters.